The van der Waals surface area contributed by atoms with E-state index in [4.69, 9.17) is 5.11 Å². The fraction of sp³-hybridized carbons (Fsp3) is 0.400. The van der Waals surface area contributed by atoms with Gasteiger partial charge in [0.2, 0.25) is 0 Å². The summed E-state index contributed by atoms with van der Waals surface area (Å²) in [5.41, 5.74) is -0.503. The van der Waals surface area contributed by atoms with Gasteiger partial charge in [0.25, 0.3) is 0 Å². The van der Waals surface area contributed by atoms with Gasteiger partial charge in [0.15, 0.2) is 5.78 Å². The van der Waals surface area contributed by atoms with Crippen molar-refractivity contribution in [3.8, 4) is 0 Å². The molecule has 0 aromatic carbocycles. The highest BCUT2D eigenvalue weighted by molar-refractivity contribution is 9.12. The number of carboxylic acid groups (broad SMARTS) is 1. The molecule has 0 fully saturated rings. The van der Waals surface area contributed by atoms with Crippen LogP contribution in [0.3, 0.4) is 0 Å². The lowest BCUT2D eigenvalue weighted by Crippen LogP contribution is -2.26. The van der Waals surface area contributed by atoms with Crippen molar-refractivity contribution in [2.45, 2.75) is 20.3 Å². The van der Waals surface area contributed by atoms with Crippen LogP contribution in [-0.2, 0) is 4.79 Å². The Kier molecular flexibility index (Phi) is 4.31. The molecule has 1 aromatic rings. The van der Waals surface area contributed by atoms with Crippen molar-refractivity contribution in [1.29, 1.82) is 0 Å². The zero-order valence-electron chi connectivity index (χ0n) is 8.71. The van der Waals surface area contributed by atoms with Crippen LogP contribution >= 0.6 is 43.2 Å². The molecule has 16 heavy (non-hydrogen) atoms. The van der Waals surface area contributed by atoms with Gasteiger partial charge in [-0.25, -0.2) is 0 Å². The molecule has 0 radical (unpaired) electrons. The molecule has 3 nitrogen and oxygen atoms in total. The van der Waals surface area contributed by atoms with Crippen LogP contribution in [0.2, 0.25) is 0 Å². The first-order chi connectivity index (χ1) is 7.24. The summed E-state index contributed by atoms with van der Waals surface area (Å²) in [5.74, 6) is -1.13. The van der Waals surface area contributed by atoms with Gasteiger partial charge in [-0.1, -0.05) is 0 Å². The zero-order valence-corrected chi connectivity index (χ0v) is 12.7. The lowest BCUT2D eigenvalue weighted by atomic mass is 9.86. The van der Waals surface area contributed by atoms with Gasteiger partial charge in [-0.15, -0.1) is 11.3 Å². The molecule has 0 bridgehead atoms. The quantitative estimate of drug-likeness (QED) is 0.817. The summed E-state index contributed by atoms with van der Waals surface area (Å²) in [4.78, 5) is 22.8. The van der Waals surface area contributed by atoms with Gasteiger partial charge < -0.3 is 5.11 Å². The minimum absolute atomic E-state index is 0.00981. The van der Waals surface area contributed by atoms with Crippen molar-refractivity contribution >= 4 is 54.9 Å². The topological polar surface area (TPSA) is 54.4 Å². The van der Waals surface area contributed by atoms with E-state index in [0.717, 1.165) is 7.57 Å². The third kappa shape index (κ3) is 3.15. The summed E-state index contributed by atoms with van der Waals surface area (Å²) in [5, 5.41) is 8.94. The molecule has 88 valence electrons. The van der Waals surface area contributed by atoms with Crippen LogP contribution in [0.5, 0.6) is 0 Å². The lowest BCUT2D eigenvalue weighted by molar-refractivity contribution is -0.146. The van der Waals surface area contributed by atoms with Crippen LogP contribution in [0.4, 0.5) is 0 Å². The number of carboxylic acids is 1. The van der Waals surface area contributed by atoms with Crippen molar-refractivity contribution in [1.82, 2.24) is 0 Å². The summed E-state index contributed by atoms with van der Waals surface area (Å²) in [6, 6.07) is 1.70. The number of rotatable bonds is 4. The maximum absolute atomic E-state index is 11.9. The van der Waals surface area contributed by atoms with E-state index in [0.29, 0.717) is 5.56 Å². The molecule has 0 aliphatic heterocycles. The molecule has 1 N–H and O–H groups in total. The summed E-state index contributed by atoms with van der Waals surface area (Å²) in [7, 11) is 0. The van der Waals surface area contributed by atoms with Gasteiger partial charge in [0.1, 0.15) is 0 Å². The predicted molar refractivity (Wildman–Crippen MR) is 70.1 cm³/mol. The Morgan fingerprint density at radius 3 is 2.38 bits per heavy atom. The lowest BCUT2D eigenvalue weighted by Gasteiger charge is -2.17. The van der Waals surface area contributed by atoms with Crippen molar-refractivity contribution < 1.29 is 14.7 Å². The molecule has 6 heteroatoms. The number of carbonyl (C=O) groups excluding carboxylic acids is 1. The first-order valence-corrected chi connectivity index (χ1v) is 6.86. The van der Waals surface area contributed by atoms with E-state index >= 15 is 0 Å². The largest absolute Gasteiger partial charge is 0.481 e. The average Bonchev–Trinajstić information content (AvgIpc) is 2.44. The zero-order chi connectivity index (χ0) is 12.5. The second-order valence-electron chi connectivity index (χ2n) is 4.03. The van der Waals surface area contributed by atoms with Gasteiger partial charge >= 0.3 is 5.97 Å². The normalized spacial score (nSPS) is 11.5. The number of hydrogen-bond donors (Lipinski definition) is 1. The smallest absolute Gasteiger partial charge is 0.309 e. The third-order valence-corrected chi connectivity index (χ3v) is 4.48. The number of aliphatic carboxylic acids is 1. The van der Waals surface area contributed by atoms with Crippen LogP contribution in [0.15, 0.2) is 13.6 Å². The number of halogens is 2. The molecule has 0 aliphatic carbocycles. The Morgan fingerprint density at radius 1 is 1.44 bits per heavy atom. The van der Waals surface area contributed by atoms with E-state index in [9.17, 15) is 9.59 Å². The van der Waals surface area contributed by atoms with E-state index < -0.39 is 11.4 Å². The summed E-state index contributed by atoms with van der Waals surface area (Å²) < 4.78 is 1.57. The maximum atomic E-state index is 11.9. The monoisotopic (exact) mass is 368 g/mol. The van der Waals surface area contributed by atoms with E-state index in [1.54, 1.807) is 19.9 Å². The number of hydrogen-bond acceptors (Lipinski definition) is 3. The van der Waals surface area contributed by atoms with Gasteiger partial charge in [-0.05, 0) is 51.8 Å². The van der Waals surface area contributed by atoms with E-state index in [2.05, 4.69) is 31.9 Å². The highest BCUT2D eigenvalue weighted by Gasteiger charge is 2.31. The second-order valence-corrected chi connectivity index (χ2v) is 7.78. The average molecular weight is 370 g/mol. The summed E-state index contributed by atoms with van der Waals surface area (Å²) >= 11 is 7.96. The van der Waals surface area contributed by atoms with Gasteiger partial charge in [-0.2, -0.15) is 0 Å². The van der Waals surface area contributed by atoms with Crippen LogP contribution in [0.1, 0.15) is 30.6 Å². The minimum Gasteiger partial charge on any atom is -0.481 e. The van der Waals surface area contributed by atoms with Crippen molar-refractivity contribution in [3.05, 3.63) is 19.2 Å². The van der Waals surface area contributed by atoms with Crippen LogP contribution in [0, 0.1) is 5.41 Å². The molecule has 1 heterocycles. The van der Waals surface area contributed by atoms with E-state index in [1.807, 2.05) is 0 Å². The van der Waals surface area contributed by atoms with Crippen molar-refractivity contribution in [3.63, 3.8) is 0 Å². The number of ketones is 1. The molecule has 0 saturated heterocycles. The molecule has 0 atom stereocenters. The minimum atomic E-state index is -1.04. The first-order valence-electron chi connectivity index (χ1n) is 4.45. The molecular weight excluding hydrogens is 360 g/mol. The number of Topliss-reactive ketones (excluding diaryl/α,β-unsaturated/α-hetero) is 1. The van der Waals surface area contributed by atoms with Crippen LogP contribution in [0.25, 0.3) is 0 Å². The van der Waals surface area contributed by atoms with Gasteiger partial charge in [-0.3, -0.25) is 9.59 Å². The van der Waals surface area contributed by atoms with Crippen LogP contribution < -0.4 is 0 Å². The predicted octanol–water partition coefficient (Wildman–Crippen LogP) is 3.96. The highest BCUT2D eigenvalue weighted by Crippen LogP contribution is 2.34. The third-order valence-electron chi connectivity index (χ3n) is 2.14. The summed E-state index contributed by atoms with van der Waals surface area (Å²) in [6.45, 7) is 3.09. The maximum Gasteiger partial charge on any atom is 0.309 e. The summed E-state index contributed by atoms with van der Waals surface area (Å²) in [6.07, 6.45) is -0.00981. The molecule has 0 spiro atoms. The SMILES string of the molecule is CC(C)(CC(=O)c1cc(Br)sc1Br)C(=O)O. The van der Waals surface area contributed by atoms with E-state index in [-0.39, 0.29) is 12.2 Å². The molecule has 1 rings (SSSR count). The second kappa shape index (κ2) is 4.98. The molecule has 0 saturated carbocycles. The molecule has 0 amide bonds. The first kappa shape index (κ1) is 13.9. The van der Waals surface area contributed by atoms with Crippen molar-refractivity contribution in [2.75, 3.05) is 0 Å². The number of carbonyl (C=O) groups is 2. The molecule has 0 unspecified atom stereocenters. The fourth-order valence-electron chi connectivity index (χ4n) is 1.10. The fourth-order valence-corrected chi connectivity index (χ4v) is 3.96. The van der Waals surface area contributed by atoms with Crippen molar-refractivity contribution in [2.24, 2.45) is 5.41 Å². The molecular formula is C10H10Br2O3S. The number of thiophene rings is 1. The van der Waals surface area contributed by atoms with Crippen LogP contribution in [-0.4, -0.2) is 16.9 Å². The highest BCUT2D eigenvalue weighted by atomic mass is 79.9. The standard InChI is InChI=1S/C10H10Br2O3S/c1-10(2,9(14)15)4-6(13)5-3-7(11)16-8(5)12/h3H,4H2,1-2H3,(H,14,15). The Bertz CT molecular complexity index is 437. The van der Waals surface area contributed by atoms with E-state index in [1.165, 1.54) is 11.3 Å². The van der Waals surface area contributed by atoms with Gasteiger partial charge in [0, 0.05) is 12.0 Å². The van der Waals surface area contributed by atoms with Gasteiger partial charge in [0.05, 0.1) is 13.0 Å². The molecule has 0 aliphatic rings. The Hall–Kier alpha value is -0.200. The Morgan fingerprint density at radius 2 is 2.00 bits per heavy atom. The Balaban J connectivity index is 2.89. The Labute approximate surface area is 114 Å². The molecule has 1 aromatic heterocycles.